The van der Waals surface area contributed by atoms with Crippen molar-refractivity contribution < 1.29 is 9.53 Å². The quantitative estimate of drug-likeness (QED) is 0.498. The molecule has 0 saturated heterocycles. The molecule has 3 aromatic carbocycles. The van der Waals surface area contributed by atoms with Crippen LogP contribution in [0.5, 0.6) is 5.75 Å². The first-order valence-corrected chi connectivity index (χ1v) is 8.45. The highest BCUT2D eigenvalue weighted by molar-refractivity contribution is 14.1. The maximum atomic E-state index is 12.0. The third kappa shape index (κ3) is 4.22. The molecule has 1 N–H and O–H groups in total. The second-order valence-electron chi connectivity index (χ2n) is 5.12. The van der Waals surface area contributed by atoms with Gasteiger partial charge in [-0.1, -0.05) is 30.3 Å². The summed E-state index contributed by atoms with van der Waals surface area (Å²) in [6.07, 6.45) is 0. The van der Waals surface area contributed by atoms with Crippen molar-refractivity contribution in [2.24, 2.45) is 0 Å². The molecule has 3 aromatic rings. The Morgan fingerprint density at radius 2 is 1.70 bits per heavy atom. The summed E-state index contributed by atoms with van der Waals surface area (Å²) >= 11 is 2.22. The van der Waals surface area contributed by atoms with Crippen LogP contribution in [0.15, 0.2) is 66.7 Å². The molecule has 3 rings (SSSR count). The van der Waals surface area contributed by atoms with E-state index >= 15 is 0 Å². The first kappa shape index (κ1) is 15.8. The smallest absolute Gasteiger partial charge is 0.251 e. The second kappa shape index (κ2) is 7.46. The Hall–Kier alpha value is -2.08. The van der Waals surface area contributed by atoms with Crippen LogP contribution in [0.25, 0.3) is 10.8 Å². The van der Waals surface area contributed by atoms with E-state index in [-0.39, 0.29) is 5.91 Å². The zero-order chi connectivity index (χ0) is 16.1. The van der Waals surface area contributed by atoms with Crippen molar-refractivity contribution in [3.05, 3.63) is 75.9 Å². The average Bonchev–Trinajstić information content (AvgIpc) is 2.59. The average molecular weight is 417 g/mol. The summed E-state index contributed by atoms with van der Waals surface area (Å²) in [4.78, 5) is 12.0. The molecule has 0 heterocycles. The molecule has 1 amide bonds. The molecule has 3 nitrogen and oxygen atoms in total. The Morgan fingerprint density at radius 3 is 2.48 bits per heavy atom. The van der Waals surface area contributed by atoms with Gasteiger partial charge in [0.1, 0.15) is 12.4 Å². The fourth-order valence-electron chi connectivity index (χ4n) is 2.29. The lowest BCUT2D eigenvalue weighted by Crippen LogP contribution is -2.28. The minimum absolute atomic E-state index is 0.0801. The van der Waals surface area contributed by atoms with Gasteiger partial charge in [0.05, 0.1) is 6.54 Å². The van der Waals surface area contributed by atoms with E-state index in [0.717, 1.165) is 14.7 Å². The van der Waals surface area contributed by atoms with Gasteiger partial charge in [0.25, 0.3) is 5.91 Å². The van der Waals surface area contributed by atoms with Gasteiger partial charge >= 0.3 is 0 Å². The highest BCUT2D eigenvalue weighted by Gasteiger charge is 2.04. The second-order valence-corrected chi connectivity index (χ2v) is 6.37. The molecular weight excluding hydrogens is 401 g/mol. The molecule has 0 unspecified atom stereocenters. The van der Waals surface area contributed by atoms with Crippen molar-refractivity contribution in [2.75, 3.05) is 13.2 Å². The van der Waals surface area contributed by atoms with Gasteiger partial charge in [-0.15, -0.1) is 0 Å². The van der Waals surface area contributed by atoms with Gasteiger partial charge in [0, 0.05) is 9.13 Å². The molecule has 0 aliphatic rings. The number of benzene rings is 3. The van der Waals surface area contributed by atoms with Crippen LogP contribution in [0.1, 0.15) is 10.4 Å². The summed E-state index contributed by atoms with van der Waals surface area (Å²) in [7, 11) is 0. The van der Waals surface area contributed by atoms with Crippen molar-refractivity contribution in [3.63, 3.8) is 0 Å². The number of hydrogen-bond acceptors (Lipinski definition) is 2. The molecular formula is C19H16INO2. The Kier molecular flexibility index (Phi) is 5.12. The predicted molar refractivity (Wildman–Crippen MR) is 101 cm³/mol. The summed E-state index contributed by atoms with van der Waals surface area (Å²) in [6.45, 7) is 0.909. The molecule has 0 radical (unpaired) electrons. The molecule has 0 atom stereocenters. The van der Waals surface area contributed by atoms with Crippen molar-refractivity contribution in [1.82, 2.24) is 5.32 Å². The summed E-state index contributed by atoms with van der Waals surface area (Å²) in [5.74, 6) is 0.732. The number of amides is 1. The minimum Gasteiger partial charge on any atom is -0.492 e. The van der Waals surface area contributed by atoms with Crippen LogP contribution >= 0.6 is 22.6 Å². The van der Waals surface area contributed by atoms with Gasteiger partial charge in [-0.25, -0.2) is 0 Å². The molecule has 23 heavy (non-hydrogen) atoms. The summed E-state index contributed by atoms with van der Waals surface area (Å²) in [5.41, 5.74) is 0.663. The summed E-state index contributed by atoms with van der Waals surface area (Å²) < 4.78 is 6.81. The highest BCUT2D eigenvalue weighted by Crippen LogP contribution is 2.20. The maximum Gasteiger partial charge on any atom is 0.251 e. The van der Waals surface area contributed by atoms with Crippen LogP contribution in [0.3, 0.4) is 0 Å². The van der Waals surface area contributed by atoms with Crippen LogP contribution in [0, 0.1) is 3.57 Å². The Labute approximate surface area is 148 Å². The van der Waals surface area contributed by atoms with E-state index in [1.165, 1.54) is 5.39 Å². The van der Waals surface area contributed by atoms with Gasteiger partial charge in [0.2, 0.25) is 0 Å². The minimum atomic E-state index is -0.0801. The fraction of sp³-hybridized carbons (Fsp3) is 0.105. The molecule has 0 aliphatic heterocycles. The Balaban J connectivity index is 1.50. The largest absolute Gasteiger partial charge is 0.492 e. The van der Waals surface area contributed by atoms with Gasteiger partial charge < -0.3 is 10.1 Å². The van der Waals surface area contributed by atoms with Crippen molar-refractivity contribution in [1.29, 1.82) is 0 Å². The molecule has 116 valence electrons. The standard InChI is InChI=1S/C19H16INO2/c20-17-8-5-15(6-9-17)19(22)21-11-12-23-18-10-7-14-3-1-2-4-16(14)13-18/h1-10,13H,11-12H2,(H,21,22). The van der Waals surface area contributed by atoms with Gasteiger partial charge in [-0.3, -0.25) is 4.79 Å². The van der Waals surface area contributed by atoms with Crippen LogP contribution in [0.2, 0.25) is 0 Å². The fourth-order valence-corrected chi connectivity index (χ4v) is 2.65. The third-order valence-corrected chi connectivity index (χ3v) is 4.20. The number of rotatable bonds is 5. The molecule has 0 saturated carbocycles. The number of carbonyl (C=O) groups is 1. The summed E-state index contributed by atoms with van der Waals surface area (Å²) in [5, 5.41) is 5.19. The van der Waals surface area contributed by atoms with Gasteiger partial charge in [0.15, 0.2) is 0 Å². The normalized spacial score (nSPS) is 10.5. The zero-order valence-electron chi connectivity index (χ0n) is 12.5. The van der Waals surface area contributed by atoms with Crippen LogP contribution in [-0.4, -0.2) is 19.1 Å². The van der Waals surface area contributed by atoms with E-state index < -0.39 is 0 Å². The Morgan fingerprint density at radius 1 is 0.957 bits per heavy atom. The number of ether oxygens (including phenoxy) is 1. The number of carbonyl (C=O) groups excluding carboxylic acids is 1. The zero-order valence-corrected chi connectivity index (χ0v) is 14.6. The van der Waals surface area contributed by atoms with Crippen molar-refractivity contribution in [2.45, 2.75) is 0 Å². The van der Waals surface area contributed by atoms with E-state index in [2.05, 4.69) is 40.0 Å². The highest BCUT2D eigenvalue weighted by atomic mass is 127. The van der Waals surface area contributed by atoms with E-state index in [0.29, 0.717) is 18.7 Å². The topological polar surface area (TPSA) is 38.3 Å². The van der Waals surface area contributed by atoms with Gasteiger partial charge in [-0.2, -0.15) is 0 Å². The number of nitrogens with one attached hydrogen (secondary N) is 1. The molecule has 0 fully saturated rings. The molecule has 0 bridgehead atoms. The van der Waals surface area contributed by atoms with Gasteiger partial charge in [-0.05, 0) is 69.8 Å². The van der Waals surface area contributed by atoms with E-state index in [9.17, 15) is 4.79 Å². The number of halogens is 1. The van der Waals surface area contributed by atoms with Crippen molar-refractivity contribution in [3.8, 4) is 5.75 Å². The molecule has 0 aliphatic carbocycles. The lowest BCUT2D eigenvalue weighted by molar-refractivity contribution is 0.0947. The lowest BCUT2D eigenvalue weighted by Gasteiger charge is -2.09. The number of fused-ring (bicyclic) bond motifs is 1. The maximum absolute atomic E-state index is 12.0. The number of hydrogen-bond donors (Lipinski definition) is 1. The monoisotopic (exact) mass is 417 g/mol. The molecule has 0 aromatic heterocycles. The predicted octanol–water partition coefficient (Wildman–Crippen LogP) is 4.25. The summed E-state index contributed by atoms with van der Waals surface area (Å²) in [6, 6.07) is 21.6. The lowest BCUT2D eigenvalue weighted by atomic mass is 10.1. The Bertz CT molecular complexity index is 815. The van der Waals surface area contributed by atoms with E-state index in [1.807, 2.05) is 54.6 Å². The molecule has 0 spiro atoms. The first-order chi connectivity index (χ1) is 11.2. The van der Waals surface area contributed by atoms with Crippen LogP contribution in [-0.2, 0) is 0 Å². The van der Waals surface area contributed by atoms with E-state index in [1.54, 1.807) is 0 Å². The van der Waals surface area contributed by atoms with Crippen LogP contribution < -0.4 is 10.1 Å². The SMILES string of the molecule is O=C(NCCOc1ccc2ccccc2c1)c1ccc(I)cc1. The van der Waals surface area contributed by atoms with E-state index in [4.69, 9.17) is 4.74 Å². The van der Waals surface area contributed by atoms with Crippen LogP contribution in [0.4, 0.5) is 0 Å². The van der Waals surface area contributed by atoms with Crippen molar-refractivity contribution >= 4 is 39.3 Å². The third-order valence-electron chi connectivity index (χ3n) is 3.48. The first-order valence-electron chi connectivity index (χ1n) is 7.38. The molecule has 4 heteroatoms.